The van der Waals surface area contributed by atoms with Crippen molar-refractivity contribution in [3.63, 3.8) is 0 Å². The number of benzene rings is 1. The zero-order chi connectivity index (χ0) is 21.3. The van der Waals surface area contributed by atoms with Crippen LogP contribution in [0, 0.1) is 34.5 Å². The summed E-state index contributed by atoms with van der Waals surface area (Å²) in [6.07, 6.45) is 10.4. The fourth-order valence-corrected chi connectivity index (χ4v) is 8.43. The highest BCUT2D eigenvalue weighted by molar-refractivity contribution is 6.42. The van der Waals surface area contributed by atoms with E-state index in [1.54, 1.807) is 0 Å². The Morgan fingerprint density at radius 1 is 0.967 bits per heavy atom. The zero-order valence-electron chi connectivity index (χ0n) is 18.1. The van der Waals surface area contributed by atoms with Crippen molar-refractivity contribution in [1.82, 2.24) is 0 Å². The lowest BCUT2D eigenvalue weighted by Gasteiger charge is -2.60. The number of halogens is 2. The third-order valence-electron chi connectivity index (χ3n) is 9.83. The van der Waals surface area contributed by atoms with Crippen molar-refractivity contribution < 1.29 is 10.2 Å². The van der Waals surface area contributed by atoms with E-state index in [0.717, 1.165) is 49.2 Å². The zero-order valence-corrected chi connectivity index (χ0v) is 19.6. The summed E-state index contributed by atoms with van der Waals surface area (Å²) in [5.41, 5.74) is 2.35. The molecule has 4 saturated carbocycles. The normalized spacial score (nSPS) is 46.9. The van der Waals surface area contributed by atoms with E-state index in [4.69, 9.17) is 23.2 Å². The van der Waals surface area contributed by atoms with E-state index in [1.807, 2.05) is 18.2 Å². The topological polar surface area (TPSA) is 40.5 Å². The Morgan fingerprint density at radius 2 is 1.73 bits per heavy atom. The Hall–Kier alpha value is -0.540. The molecule has 0 spiro atoms. The van der Waals surface area contributed by atoms with Crippen LogP contribution in [-0.4, -0.2) is 22.4 Å². The molecule has 2 N–H and O–H groups in total. The first-order valence-corrected chi connectivity index (χ1v) is 12.5. The largest absolute Gasteiger partial charge is 0.393 e. The van der Waals surface area contributed by atoms with Crippen molar-refractivity contribution in [3.8, 4) is 0 Å². The first-order valence-electron chi connectivity index (χ1n) is 11.7. The van der Waals surface area contributed by atoms with E-state index in [-0.39, 0.29) is 11.5 Å². The minimum absolute atomic E-state index is 0.0462. The molecule has 30 heavy (non-hydrogen) atoms. The molecule has 0 unspecified atom stereocenters. The molecule has 4 heteroatoms. The van der Waals surface area contributed by atoms with Crippen LogP contribution in [0.15, 0.2) is 23.8 Å². The molecule has 1 aromatic rings. The first-order chi connectivity index (χ1) is 14.2. The maximum Gasteiger partial charge on any atom is 0.0809 e. The molecule has 0 bridgehead atoms. The van der Waals surface area contributed by atoms with Gasteiger partial charge in [0.05, 0.1) is 22.3 Å². The smallest absolute Gasteiger partial charge is 0.0809 e. The SMILES string of the molecule is C[C@]12CC[C@@H](O)C[C@H]1CC[C@@H]1[C@@H]2CC[C@]2(C)[C@@H](O)/C(=C/c3cccc(Cl)c3Cl)C[C@@H]12. The highest BCUT2D eigenvalue weighted by Gasteiger charge is 2.61. The van der Waals surface area contributed by atoms with E-state index in [9.17, 15) is 10.2 Å². The fourth-order valence-electron chi connectivity index (χ4n) is 8.07. The van der Waals surface area contributed by atoms with E-state index in [1.165, 1.54) is 19.3 Å². The van der Waals surface area contributed by atoms with Crippen LogP contribution in [0.5, 0.6) is 0 Å². The third kappa shape index (κ3) is 3.12. The van der Waals surface area contributed by atoms with Gasteiger partial charge in [0.1, 0.15) is 0 Å². The van der Waals surface area contributed by atoms with Crippen LogP contribution in [0.3, 0.4) is 0 Å². The van der Waals surface area contributed by atoms with E-state index in [2.05, 4.69) is 19.9 Å². The van der Waals surface area contributed by atoms with Crippen LogP contribution < -0.4 is 0 Å². The summed E-state index contributed by atoms with van der Waals surface area (Å²) in [4.78, 5) is 0. The molecule has 164 valence electrons. The summed E-state index contributed by atoms with van der Waals surface area (Å²) >= 11 is 12.7. The summed E-state index contributed by atoms with van der Waals surface area (Å²) in [6.45, 7) is 4.83. The lowest BCUT2D eigenvalue weighted by molar-refractivity contribution is -0.133. The second kappa shape index (κ2) is 7.51. The molecule has 4 aliphatic carbocycles. The monoisotopic (exact) mass is 448 g/mol. The molecule has 5 rings (SSSR count). The minimum atomic E-state index is -0.405. The van der Waals surface area contributed by atoms with Crippen molar-refractivity contribution in [1.29, 1.82) is 0 Å². The summed E-state index contributed by atoms with van der Waals surface area (Å²) in [5.74, 6) is 2.59. The third-order valence-corrected chi connectivity index (χ3v) is 10.7. The predicted molar refractivity (Wildman–Crippen MR) is 124 cm³/mol. The van der Waals surface area contributed by atoms with Crippen molar-refractivity contribution in [3.05, 3.63) is 39.4 Å². The van der Waals surface area contributed by atoms with Gasteiger partial charge in [-0.05, 0) is 97.7 Å². The van der Waals surface area contributed by atoms with Gasteiger partial charge in [-0.1, -0.05) is 55.3 Å². The molecule has 0 heterocycles. The van der Waals surface area contributed by atoms with Crippen LogP contribution in [-0.2, 0) is 0 Å². The fraction of sp³-hybridized carbons (Fsp3) is 0.692. The molecule has 1 aromatic carbocycles. The molecule has 4 aliphatic rings. The van der Waals surface area contributed by atoms with Crippen molar-refractivity contribution in [2.45, 2.75) is 77.4 Å². The van der Waals surface area contributed by atoms with Crippen LogP contribution >= 0.6 is 23.2 Å². The molecule has 4 fully saturated rings. The molecule has 0 saturated heterocycles. The molecule has 0 radical (unpaired) electrons. The highest BCUT2D eigenvalue weighted by atomic mass is 35.5. The highest BCUT2D eigenvalue weighted by Crippen LogP contribution is 2.67. The maximum absolute atomic E-state index is 11.4. The van der Waals surface area contributed by atoms with Gasteiger partial charge in [0.25, 0.3) is 0 Å². The van der Waals surface area contributed by atoms with Gasteiger partial charge in [-0.15, -0.1) is 0 Å². The molecule has 8 atom stereocenters. The van der Waals surface area contributed by atoms with Crippen molar-refractivity contribution in [2.75, 3.05) is 0 Å². The minimum Gasteiger partial charge on any atom is -0.393 e. The Kier molecular flexibility index (Phi) is 5.33. The van der Waals surface area contributed by atoms with Crippen LogP contribution in [0.2, 0.25) is 10.0 Å². The number of hydrogen-bond donors (Lipinski definition) is 2. The van der Waals surface area contributed by atoms with Crippen LogP contribution in [0.1, 0.15) is 70.8 Å². The Labute approximate surface area is 190 Å². The van der Waals surface area contributed by atoms with Gasteiger partial charge in [-0.3, -0.25) is 0 Å². The number of fused-ring (bicyclic) bond motifs is 5. The van der Waals surface area contributed by atoms with Crippen LogP contribution in [0.4, 0.5) is 0 Å². The number of hydrogen-bond acceptors (Lipinski definition) is 2. The van der Waals surface area contributed by atoms with Gasteiger partial charge >= 0.3 is 0 Å². The molecule has 0 amide bonds. The molecule has 0 aromatic heterocycles. The number of rotatable bonds is 1. The second-order valence-corrected chi connectivity index (χ2v) is 11.9. The average molecular weight is 449 g/mol. The predicted octanol–water partition coefficient (Wildman–Crippen LogP) is 6.75. The van der Waals surface area contributed by atoms with Gasteiger partial charge in [-0.2, -0.15) is 0 Å². The van der Waals surface area contributed by atoms with Crippen molar-refractivity contribution in [2.24, 2.45) is 34.5 Å². The maximum atomic E-state index is 11.4. The molecule has 0 aliphatic heterocycles. The van der Waals surface area contributed by atoms with Gasteiger partial charge in [0, 0.05) is 5.41 Å². The Bertz CT molecular complexity index is 867. The van der Waals surface area contributed by atoms with Gasteiger partial charge in [-0.25, -0.2) is 0 Å². The first kappa shape index (κ1) is 21.3. The Balaban J connectivity index is 1.46. The number of aliphatic hydroxyl groups is 2. The molecular weight excluding hydrogens is 415 g/mol. The van der Waals surface area contributed by atoms with E-state index >= 15 is 0 Å². The van der Waals surface area contributed by atoms with Gasteiger partial charge in [0.2, 0.25) is 0 Å². The van der Waals surface area contributed by atoms with Gasteiger partial charge < -0.3 is 10.2 Å². The summed E-state index contributed by atoms with van der Waals surface area (Å²) in [7, 11) is 0. The Morgan fingerprint density at radius 3 is 2.53 bits per heavy atom. The summed E-state index contributed by atoms with van der Waals surface area (Å²) in [6, 6.07) is 5.72. The van der Waals surface area contributed by atoms with Gasteiger partial charge in [0.15, 0.2) is 0 Å². The molecular formula is C26H34Cl2O2. The second-order valence-electron chi connectivity index (χ2n) is 11.1. The lowest BCUT2D eigenvalue weighted by atomic mass is 9.45. The summed E-state index contributed by atoms with van der Waals surface area (Å²) in [5, 5.41) is 22.8. The summed E-state index contributed by atoms with van der Waals surface area (Å²) < 4.78 is 0. The van der Waals surface area contributed by atoms with Crippen LogP contribution in [0.25, 0.3) is 6.08 Å². The van der Waals surface area contributed by atoms with E-state index < -0.39 is 6.10 Å². The average Bonchev–Trinajstić information content (AvgIpc) is 2.97. The number of aliphatic hydroxyl groups excluding tert-OH is 2. The van der Waals surface area contributed by atoms with E-state index in [0.29, 0.717) is 33.2 Å². The molecule has 2 nitrogen and oxygen atoms in total. The standard InChI is InChI=1S/C26H34Cl2O2/c1-25-10-8-18(29)14-17(25)6-7-19-20(25)9-11-26(2)21(19)13-16(24(26)30)12-15-4-3-5-22(27)23(15)28/h3-5,12,17-21,24,29-30H,6-11,13-14H2,1-2H3/b16-12+/t17-,18-,19-,20+,21+,24+,25+,26+/m1/s1. The quantitative estimate of drug-likeness (QED) is 0.498. The lowest BCUT2D eigenvalue weighted by Crippen LogP contribution is -2.54. The van der Waals surface area contributed by atoms with Crippen molar-refractivity contribution >= 4 is 29.3 Å².